The summed E-state index contributed by atoms with van der Waals surface area (Å²) in [6, 6.07) is 8.12. The SMILES string of the molecule is O=C(O)C1CCN(C(c2ccncc2)c2ccc(Cl)s2)CC1. The highest BCUT2D eigenvalue weighted by atomic mass is 35.5. The van der Waals surface area contributed by atoms with Gasteiger partial charge in [-0.2, -0.15) is 0 Å². The summed E-state index contributed by atoms with van der Waals surface area (Å²) in [6.07, 6.45) is 4.97. The Hall–Kier alpha value is -1.43. The predicted octanol–water partition coefficient (Wildman–Crippen LogP) is 3.68. The van der Waals surface area contributed by atoms with Gasteiger partial charge in [-0.25, -0.2) is 0 Å². The Labute approximate surface area is 138 Å². The lowest BCUT2D eigenvalue weighted by molar-refractivity contribution is -0.143. The molecule has 1 saturated heterocycles. The number of hydrogen-bond acceptors (Lipinski definition) is 4. The maximum Gasteiger partial charge on any atom is 0.306 e. The molecule has 116 valence electrons. The van der Waals surface area contributed by atoms with Crippen LogP contribution in [0.25, 0.3) is 0 Å². The number of carboxylic acid groups (broad SMARTS) is 1. The van der Waals surface area contributed by atoms with Crippen LogP contribution >= 0.6 is 22.9 Å². The second-order valence-electron chi connectivity index (χ2n) is 5.47. The van der Waals surface area contributed by atoms with E-state index in [0.29, 0.717) is 12.8 Å². The van der Waals surface area contributed by atoms with Crippen LogP contribution in [0.1, 0.15) is 29.3 Å². The van der Waals surface area contributed by atoms with Crippen molar-refractivity contribution in [2.75, 3.05) is 13.1 Å². The van der Waals surface area contributed by atoms with E-state index in [1.807, 2.05) is 18.2 Å². The Morgan fingerprint density at radius 3 is 2.50 bits per heavy atom. The van der Waals surface area contributed by atoms with E-state index in [1.165, 1.54) is 10.4 Å². The fraction of sp³-hybridized carbons (Fsp3) is 0.375. The van der Waals surface area contributed by atoms with E-state index in [0.717, 1.165) is 17.4 Å². The number of carbonyl (C=O) groups is 1. The van der Waals surface area contributed by atoms with Crippen molar-refractivity contribution in [1.29, 1.82) is 0 Å². The van der Waals surface area contributed by atoms with Crippen molar-refractivity contribution >= 4 is 28.9 Å². The molecule has 4 nitrogen and oxygen atoms in total. The van der Waals surface area contributed by atoms with Crippen LogP contribution in [0.5, 0.6) is 0 Å². The molecule has 22 heavy (non-hydrogen) atoms. The average molecular weight is 337 g/mol. The molecule has 2 aromatic heterocycles. The van der Waals surface area contributed by atoms with E-state index in [1.54, 1.807) is 23.7 Å². The number of rotatable bonds is 4. The first-order valence-electron chi connectivity index (χ1n) is 7.27. The highest BCUT2D eigenvalue weighted by Crippen LogP contribution is 2.37. The number of aromatic nitrogens is 1. The van der Waals surface area contributed by atoms with Crippen LogP contribution in [-0.4, -0.2) is 34.0 Å². The first-order chi connectivity index (χ1) is 10.6. The molecule has 1 N–H and O–H groups in total. The Morgan fingerprint density at radius 1 is 1.27 bits per heavy atom. The second-order valence-corrected chi connectivity index (χ2v) is 7.22. The molecule has 1 atom stereocenters. The van der Waals surface area contributed by atoms with Gasteiger partial charge >= 0.3 is 5.97 Å². The molecule has 0 aromatic carbocycles. The number of piperidine rings is 1. The Morgan fingerprint density at radius 2 is 1.95 bits per heavy atom. The summed E-state index contributed by atoms with van der Waals surface area (Å²) in [5.41, 5.74) is 1.17. The highest BCUT2D eigenvalue weighted by Gasteiger charge is 2.30. The molecular weight excluding hydrogens is 320 g/mol. The van der Waals surface area contributed by atoms with E-state index in [9.17, 15) is 4.79 Å². The summed E-state index contributed by atoms with van der Waals surface area (Å²) in [7, 11) is 0. The first kappa shape index (κ1) is 15.5. The zero-order chi connectivity index (χ0) is 15.5. The minimum atomic E-state index is -0.681. The zero-order valence-electron chi connectivity index (χ0n) is 12.0. The van der Waals surface area contributed by atoms with Crippen molar-refractivity contribution < 1.29 is 9.90 Å². The molecule has 0 saturated carbocycles. The number of likely N-dealkylation sites (tertiary alicyclic amines) is 1. The van der Waals surface area contributed by atoms with Crippen molar-refractivity contribution in [3.05, 3.63) is 51.4 Å². The maximum atomic E-state index is 11.1. The molecule has 3 heterocycles. The molecule has 0 amide bonds. The molecule has 1 fully saturated rings. The van der Waals surface area contributed by atoms with E-state index in [2.05, 4.69) is 16.0 Å². The van der Waals surface area contributed by atoms with Crippen LogP contribution in [-0.2, 0) is 4.79 Å². The summed E-state index contributed by atoms with van der Waals surface area (Å²) >= 11 is 7.68. The van der Waals surface area contributed by atoms with Gasteiger partial charge in [0, 0.05) is 17.3 Å². The Kier molecular flexibility index (Phi) is 4.76. The fourth-order valence-corrected chi connectivity index (χ4v) is 4.20. The molecule has 1 aliphatic rings. The lowest BCUT2D eigenvalue weighted by atomic mass is 9.94. The summed E-state index contributed by atoms with van der Waals surface area (Å²) in [4.78, 5) is 18.7. The quantitative estimate of drug-likeness (QED) is 0.925. The molecule has 0 radical (unpaired) electrons. The summed E-state index contributed by atoms with van der Waals surface area (Å²) < 4.78 is 0.773. The molecule has 3 rings (SSSR count). The van der Waals surface area contributed by atoms with Crippen LogP contribution in [0.4, 0.5) is 0 Å². The normalized spacial score (nSPS) is 18.2. The Bertz CT molecular complexity index is 639. The third-order valence-corrected chi connectivity index (χ3v) is 5.41. The standard InChI is InChI=1S/C16H17ClN2O2S/c17-14-2-1-13(22-14)15(11-3-7-18-8-4-11)19-9-5-12(6-10-19)16(20)21/h1-4,7-8,12,15H,5-6,9-10H2,(H,20,21). The van der Waals surface area contributed by atoms with Gasteiger partial charge in [-0.3, -0.25) is 14.7 Å². The monoisotopic (exact) mass is 336 g/mol. The maximum absolute atomic E-state index is 11.1. The van der Waals surface area contributed by atoms with Crippen LogP contribution in [0.15, 0.2) is 36.7 Å². The van der Waals surface area contributed by atoms with Gasteiger partial charge in [0.1, 0.15) is 0 Å². The van der Waals surface area contributed by atoms with Crippen LogP contribution in [0.2, 0.25) is 4.34 Å². The predicted molar refractivity (Wildman–Crippen MR) is 87.3 cm³/mol. The summed E-state index contributed by atoms with van der Waals surface area (Å²) in [5.74, 6) is -0.902. The van der Waals surface area contributed by atoms with Gasteiger partial charge < -0.3 is 5.11 Å². The van der Waals surface area contributed by atoms with Crippen molar-refractivity contribution in [2.45, 2.75) is 18.9 Å². The second kappa shape index (κ2) is 6.77. The number of nitrogens with zero attached hydrogens (tertiary/aromatic N) is 2. The zero-order valence-corrected chi connectivity index (χ0v) is 13.6. The molecule has 0 spiro atoms. The Balaban J connectivity index is 1.85. The highest BCUT2D eigenvalue weighted by molar-refractivity contribution is 7.16. The van der Waals surface area contributed by atoms with Gasteiger partial charge in [0.15, 0.2) is 0 Å². The van der Waals surface area contributed by atoms with Crippen molar-refractivity contribution in [1.82, 2.24) is 9.88 Å². The van der Waals surface area contributed by atoms with Gasteiger partial charge in [-0.15, -0.1) is 11.3 Å². The molecule has 1 unspecified atom stereocenters. The van der Waals surface area contributed by atoms with E-state index in [4.69, 9.17) is 16.7 Å². The first-order valence-corrected chi connectivity index (χ1v) is 8.46. The smallest absolute Gasteiger partial charge is 0.306 e. The van der Waals surface area contributed by atoms with Gasteiger partial charge in [0.25, 0.3) is 0 Å². The lowest BCUT2D eigenvalue weighted by Crippen LogP contribution is -2.39. The van der Waals surface area contributed by atoms with E-state index >= 15 is 0 Å². The van der Waals surface area contributed by atoms with E-state index < -0.39 is 5.97 Å². The molecule has 0 bridgehead atoms. The molecule has 1 aliphatic heterocycles. The third-order valence-electron chi connectivity index (χ3n) is 4.13. The largest absolute Gasteiger partial charge is 0.481 e. The molecule has 2 aromatic rings. The van der Waals surface area contributed by atoms with Crippen molar-refractivity contribution in [3.63, 3.8) is 0 Å². The van der Waals surface area contributed by atoms with Gasteiger partial charge in [0.2, 0.25) is 0 Å². The summed E-state index contributed by atoms with van der Waals surface area (Å²) in [6.45, 7) is 1.55. The topological polar surface area (TPSA) is 53.4 Å². The van der Waals surface area contributed by atoms with Gasteiger partial charge in [-0.05, 0) is 55.8 Å². The van der Waals surface area contributed by atoms with Gasteiger partial charge in [-0.1, -0.05) is 11.6 Å². The van der Waals surface area contributed by atoms with Crippen LogP contribution in [0.3, 0.4) is 0 Å². The van der Waals surface area contributed by atoms with Crippen LogP contribution in [0, 0.1) is 5.92 Å². The lowest BCUT2D eigenvalue weighted by Gasteiger charge is -2.36. The van der Waals surface area contributed by atoms with Crippen molar-refractivity contribution in [3.8, 4) is 0 Å². The fourth-order valence-electron chi connectivity index (χ4n) is 2.98. The van der Waals surface area contributed by atoms with Crippen LogP contribution < -0.4 is 0 Å². The number of aliphatic carboxylic acids is 1. The minimum Gasteiger partial charge on any atom is -0.481 e. The average Bonchev–Trinajstić information content (AvgIpc) is 2.95. The van der Waals surface area contributed by atoms with Gasteiger partial charge in [0.05, 0.1) is 16.3 Å². The number of halogens is 1. The third kappa shape index (κ3) is 3.32. The van der Waals surface area contributed by atoms with E-state index in [-0.39, 0.29) is 12.0 Å². The number of carboxylic acids is 1. The number of hydrogen-bond donors (Lipinski definition) is 1. The molecular formula is C16H17ClN2O2S. The molecule has 6 heteroatoms. The van der Waals surface area contributed by atoms with Crippen molar-refractivity contribution in [2.24, 2.45) is 5.92 Å². The number of pyridine rings is 1. The molecule has 0 aliphatic carbocycles. The number of thiophene rings is 1. The summed E-state index contributed by atoms with van der Waals surface area (Å²) in [5, 5.41) is 9.16. The minimum absolute atomic E-state index is 0.121.